The number of sulfonamides is 1. The molecule has 0 aromatic heterocycles. The summed E-state index contributed by atoms with van der Waals surface area (Å²) in [6.07, 6.45) is -4.91. The van der Waals surface area contributed by atoms with Gasteiger partial charge in [0, 0.05) is 6.54 Å². The molecule has 0 atom stereocenters. The van der Waals surface area contributed by atoms with Crippen LogP contribution in [-0.2, 0) is 10.0 Å². The molecular formula is C10H10F5NO3S. The van der Waals surface area contributed by atoms with Gasteiger partial charge in [-0.05, 0) is 12.1 Å². The van der Waals surface area contributed by atoms with Crippen molar-refractivity contribution in [1.82, 2.24) is 4.31 Å². The summed E-state index contributed by atoms with van der Waals surface area (Å²) in [5.41, 5.74) is 0. The van der Waals surface area contributed by atoms with Gasteiger partial charge in [-0.1, -0.05) is 6.07 Å². The SMILES string of the molecule is O=S(=O)(c1c(F)cccc1F)N(CCO)CC(F)(F)F. The van der Waals surface area contributed by atoms with Gasteiger partial charge in [0.2, 0.25) is 10.0 Å². The van der Waals surface area contributed by atoms with Crippen molar-refractivity contribution >= 4 is 10.0 Å². The first-order valence-electron chi connectivity index (χ1n) is 5.21. The van der Waals surface area contributed by atoms with Crippen LogP contribution >= 0.6 is 0 Å². The van der Waals surface area contributed by atoms with Crippen molar-refractivity contribution < 1.29 is 35.5 Å². The van der Waals surface area contributed by atoms with Crippen LogP contribution in [0.5, 0.6) is 0 Å². The van der Waals surface area contributed by atoms with E-state index in [2.05, 4.69) is 0 Å². The van der Waals surface area contributed by atoms with Gasteiger partial charge in [0.15, 0.2) is 4.90 Å². The maximum Gasteiger partial charge on any atom is 0.402 e. The summed E-state index contributed by atoms with van der Waals surface area (Å²) >= 11 is 0. The van der Waals surface area contributed by atoms with E-state index in [4.69, 9.17) is 5.11 Å². The van der Waals surface area contributed by atoms with Crippen molar-refractivity contribution in [3.63, 3.8) is 0 Å². The van der Waals surface area contributed by atoms with Gasteiger partial charge in [0.05, 0.1) is 6.61 Å². The molecule has 1 aromatic carbocycles. The zero-order valence-corrected chi connectivity index (χ0v) is 10.7. The van der Waals surface area contributed by atoms with Crippen LogP contribution in [0, 0.1) is 11.6 Å². The van der Waals surface area contributed by atoms with E-state index >= 15 is 0 Å². The summed E-state index contributed by atoms with van der Waals surface area (Å²) in [4.78, 5) is -1.47. The standard InChI is InChI=1S/C10H10F5NO3S/c11-7-2-1-3-8(12)9(7)20(18,19)16(4-5-17)6-10(13,14)15/h1-3,17H,4-6H2. The van der Waals surface area contributed by atoms with Gasteiger partial charge >= 0.3 is 6.18 Å². The lowest BCUT2D eigenvalue weighted by Gasteiger charge is -2.22. The predicted molar refractivity (Wildman–Crippen MR) is 58.3 cm³/mol. The molecule has 0 radical (unpaired) electrons. The Labute approximate surface area is 111 Å². The summed E-state index contributed by atoms with van der Waals surface area (Å²) in [7, 11) is -5.05. The van der Waals surface area contributed by atoms with Gasteiger partial charge in [-0.15, -0.1) is 0 Å². The largest absolute Gasteiger partial charge is 0.402 e. The molecule has 1 N–H and O–H groups in total. The Bertz CT molecular complexity index is 552. The number of aliphatic hydroxyl groups is 1. The second-order valence-electron chi connectivity index (χ2n) is 3.73. The minimum Gasteiger partial charge on any atom is -0.395 e. The topological polar surface area (TPSA) is 57.6 Å². The third-order valence-electron chi connectivity index (χ3n) is 2.22. The molecule has 0 amide bonds. The quantitative estimate of drug-likeness (QED) is 0.837. The number of aliphatic hydroxyl groups excluding tert-OH is 1. The Morgan fingerprint density at radius 1 is 1.15 bits per heavy atom. The average Bonchev–Trinajstić information content (AvgIpc) is 2.26. The molecule has 0 bridgehead atoms. The van der Waals surface area contributed by atoms with E-state index in [0.717, 1.165) is 6.07 Å². The van der Waals surface area contributed by atoms with E-state index < -0.39 is 52.4 Å². The van der Waals surface area contributed by atoms with E-state index in [0.29, 0.717) is 12.1 Å². The van der Waals surface area contributed by atoms with E-state index in [1.165, 1.54) is 0 Å². The number of alkyl halides is 3. The van der Waals surface area contributed by atoms with Gasteiger partial charge in [-0.2, -0.15) is 17.5 Å². The van der Waals surface area contributed by atoms with Crippen LogP contribution in [0.15, 0.2) is 23.1 Å². The summed E-state index contributed by atoms with van der Waals surface area (Å²) in [5.74, 6) is -3.01. The summed E-state index contributed by atoms with van der Waals surface area (Å²) in [5, 5.41) is 8.62. The lowest BCUT2D eigenvalue weighted by Crippen LogP contribution is -2.41. The van der Waals surface area contributed by atoms with Crippen LogP contribution < -0.4 is 0 Å². The molecule has 0 fully saturated rings. The highest BCUT2D eigenvalue weighted by Crippen LogP contribution is 2.25. The molecule has 0 aliphatic rings. The van der Waals surface area contributed by atoms with E-state index in [1.807, 2.05) is 0 Å². The summed E-state index contributed by atoms with van der Waals surface area (Å²) in [6, 6.07) is 2.10. The third kappa shape index (κ3) is 3.87. The molecule has 0 unspecified atom stereocenters. The minimum absolute atomic E-state index is 0.228. The van der Waals surface area contributed by atoms with E-state index in [-0.39, 0.29) is 4.31 Å². The van der Waals surface area contributed by atoms with Crippen molar-refractivity contribution in [2.45, 2.75) is 11.1 Å². The van der Waals surface area contributed by atoms with Crippen molar-refractivity contribution in [3.8, 4) is 0 Å². The monoisotopic (exact) mass is 319 g/mol. The average molecular weight is 319 g/mol. The number of benzene rings is 1. The van der Waals surface area contributed by atoms with E-state index in [1.54, 1.807) is 0 Å². The molecule has 0 heterocycles. The van der Waals surface area contributed by atoms with Crippen LogP contribution in [-0.4, -0.2) is 43.7 Å². The second kappa shape index (κ2) is 6.02. The van der Waals surface area contributed by atoms with E-state index in [9.17, 15) is 30.4 Å². The second-order valence-corrected chi connectivity index (χ2v) is 5.60. The number of halogens is 5. The predicted octanol–water partition coefficient (Wildman–Crippen LogP) is 1.51. The lowest BCUT2D eigenvalue weighted by molar-refractivity contribution is -0.136. The van der Waals surface area contributed by atoms with Gasteiger partial charge < -0.3 is 5.11 Å². The molecule has 0 spiro atoms. The minimum atomic E-state index is -5.05. The van der Waals surface area contributed by atoms with Crippen molar-refractivity contribution in [2.75, 3.05) is 19.7 Å². The smallest absolute Gasteiger partial charge is 0.395 e. The number of hydrogen-bond donors (Lipinski definition) is 1. The highest BCUT2D eigenvalue weighted by Gasteiger charge is 2.39. The highest BCUT2D eigenvalue weighted by molar-refractivity contribution is 7.89. The molecule has 1 rings (SSSR count). The Morgan fingerprint density at radius 2 is 1.65 bits per heavy atom. The number of rotatable bonds is 5. The molecule has 0 saturated carbocycles. The zero-order valence-electron chi connectivity index (χ0n) is 9.86. The first-order valence-corrected chi connectivity index (χ1v) is 6.65. The van der Waals surface area contributed by atoms with Crippen molar-refractivity contribution in [2.24, 2.45) is 0 Å². The van der Waals surface area contributed by atoms with Crippen molar-refractivity contribution in [1.29, 1.82) is 0 Å². The maximum absolute atomic E-state index is 13.4. The van der Waals surface area contributed by atoms with Crippen molar-refractivity contribution in [3.05, 3.63) is 29.8 Å². The third-order valence-corrected chi connectivity index (χ3v) is 4.12. The van der Waals surface area contributed by atoms with Gasteiger partial charge in [-0.25, -0.2) is 17.2 Å². The first kappa shape index (κ1) is 16.8. The lowest BCUT2D eigenvalue weighted by atomic mass is 10.3. The van der Waals surface area contributed by atoms with Crippen LogP contribution in [0.3, 0.4) is 0 Å². The van der Waals surface area contributed by atoms with Crippen LogP contribution in [0.25, 0.3) is 0 Å². The molecule has 10 heteroatoms. The molecule has 0 aliphatic heterocycles. The Balaban J connectivity index is 3.30. The van der Waals surface area contributed by atoms with Gasteiger partial charge in [0.1, 0.15) is 18.2 Å². The maximum atomic E-state index is 13.4. The molecular weight excluding hydrogens is 309 g/mol. The highest BCUT2D eigenvalue weighted by atomic mass is 32.2. The molecule has 4 nitrogen and oxygen atoms in total. The first-order chi connectivity index (χ1) is 9.09. The van der Waals surface area contributed by atoms with Crippen LogP contribution in [0.1, 0.15) is 0 Å². The molecule has 20 heavy (non-hydrogen) atoms. The van der Waals surface area contributed by atoms with Crippen LogP contribution in [0.4, 0.5) is 22.0 Å². The number of nitrogens with zero attached hydrogens (tertiary/aromatic N) is 1. The Morgan fingerprint density at radius 3 is 2.05 bits per heavy atom. The normalized spacial score (nSPS) is 12.9. The van der Waals surface area contributed by atoms with Gasteiger partial charge in [-0.3, -0.25) is 0 Å². The summed E-state index contributed by atoms with van der Waals surface area (Å²) in [6.45, 7) is -3.81. The Kier molecular flexibility index (Phi) is 5.05. The molecule has 1 aromatic rings. The fraction of sp³-hybridized carbons (Fsp3) is 0.400. The molecule has 114 valence electrons. The fourth-order valence-electron chi connectivity index (χ4n) is 1.45. The molecule has 0 saturated heterocycles. The number of hydrogen-bond acceptors (Lipinski definition) is 3. The Hall–Kier alpha value is -1.26. The molecule has 0 aliphatic carbocycles. The zero-order chi connectivity index (χ0) is 15.6. The van der Waals surface area contributed by atoms with Crippen LogP contribution in [0.2, 0.25) is 0 Å². The fourth-order valence-corrected chi connectivity index (χ4v) is 2.98. The summed E-state index contributed by atoms with van der Waals surface area (Å²) < 4.78 is 87.2. The van der Waals surface area contributed by atoms with Gasteiger partial charge in [0.25, 0.3) is 0 Å².